The molecule has 35 heavy (non-hydrogen) atoms. The maximum Gasteiger partial charge on any atom is 0.312 e. The summed E-state index contributed by atoms with van der Waals surface area (Å²) in [5.74, 6) is -2.08. The summed E-state index contributed by atoms with van der Waals surface area (Å²) in [6.45, 7) is 11.5. The number of hydrogen-bond acceptors (Lipinski definition) is 6. The van der Waals surface area contributed by atoms with Gasteiger partial charge in [0, 0.05) is 26.2 Å². The normalized spacial score (nSPS) is 31.0. The summed E-state index contributed by atoms with van der Waals surface area (Å²) in [5, 5.41) is 9.18. The summed E-state index contributed by atoms with van der Waals surface area (Å²) in [4.78, 5) is 44.8. The molecule has 0 radical (unpaired) electrons. The molecule has 0 aromatic heterocycles. The maximum atomic E-state index is 14.1. The molecule has 5 atom stereocenters. The van der Waals surface area contributed by atoms with Crippen molar-refractivity contribution in [2.24, 2.45) is 11.8 Å². The first-order valence-electron chi connectivity index (χ1n) is 13.5. The zero-order chi connectivity index (χ0) is 25.6. The first-order valence-corrected chi connectivity index (χ1v) is 13.5. The lowest BCUT2D eigenvalue weighted by Crippen LogP contribution is -2.56. The summed E-state index contributed by atoms with van der Waals surface area (Å²) in [7, 11) is 0. The second-order valence-corrected chi connectivity index (χ2v) is 10.2. The quantitative estimate of drug-likeness (QED) is 0.214. The van der Waals surface area contributed by atoms with Gasteiger partial charge in [0.1, 0.15) is 17.6 Å². The van der Waals surface area contributed by atoms with E-state index in [1.54, 1.807) is 22.8 Å². The highest BCUT2D eigenvalue weighted by Crippen LogP contribution is 2.64. The van der Waals surface area contributed by atoms with Gasteiger partial charge in [0.25, 0.3) is 0 Å². The lowest BCUT2D eigenvalue weighted by atomic mass is 9.65. The molecule has 2 bridgehead atoms. The van der Waals surface area contributed by atoms with Gasteiger partial charge in [-0.15, -0.1) is 6.58 Å². The van der Waals surface area contributed by atoms with Gasteiger partial charge in [-0.25, -0.2) is 0 Å². The van der Waals surface area contributed by atoms with Gasteiger partial charge in [-0.1, -0.05) is 32.8 Å². The van der Waals surface area contributed by atoms with Crippen molar-refractivity contribution >= 4 is 17.8 Å². The number of esters is 1. The van der Waals surface area contributed by atoms with Crippen LogP contribution in [0.15, 0.2) is 12.7 Å². The number of carbonyl (C=O) groups excluding carboxylic acids is 3. The van der Waals surface area contributed by atoms with E-state index in [1.807, 2.05) is 6.92 Å². The Balaban J connectivity index is 1.99. The molecule has 0 aromatic carbocycles. The largest absolute Gasteiger partial charge is 0.466 e. The van der Waals surface area contributed by atoms with Gasteiger partial charge in [0.05, 0.1) is 18.1 Å². The van der Waals surface area contributed by atoms with Crippen molar-refractivity contribution in [3.63, 3.8) is 0 Å². The number of unbranched alkanes of at least 4 members (excludes halogenated alkanes) is 4. The number of amides is 2. The second kappa shape index (κ2) is 11.9. The average molecular weight is 493 g/mol. The van der Waals surface area contributed by atoms with Crippen molar-refractivity contribution in [3.05, 3.63) is 12.7 Å². The Morgan fingerprint density at radius 2 is 1.97 bits per heavy atom. The lowest BCUT2D eigenvalue weighted by Gasteiger charge is -2.37. The number of carbonyl (C=O) groups is 3. The van der Waals surface area contributed by atoms with Crippen LogP contribution in [0.5, 0.6) is 0 Å². The van der Waals surface area contributed by atoms with Crippen LogP contribution in [0.4, 0.5) is 0 Å². The molecule has 3 aliphatic heterocycles. The molecule has 2 unspecified atom stereocenters. The Labute approximate surface area is 210 Å². The first kappa shape index (κ1) is 27.7. The van der Waals surface area contributed by atoms with Crippen LogP contribution in [-0.2, 0) is 23.9 Å². The van der Waals surface area contributed by atoms with E-state index in [2.05, 4.69) is 13.5 Å². The molecule has 0 saturated carbocycles. The monoisotopic (exact) mass is 492 g/mol. The topological polar surface area (TPSA) is 96.4 Å². The summed E-state index contributed by atoms with van der Waals surface area (Å²) < 4.78 is 12.2. The van der Waals surface area contributed by atoms with Crippen molar-refractivity contribution in [3.8, 4) is 0 Å². The first-order chi connectivity index (χ1) is 16.9. The number of aliphatic hydroxyl groups excluding tert-OH is 1. The van der Waals surface area contributed by atoms with Crippen molar-refractivity contribution in [1.29, 1.82) is 0 Å². The van der Waals surface area contributed by atoms with Gasteiger partial charge < -0.3 is 24.4 Å². The lowest BCUT2D eigenvalue weighted by molar-refractivity contribution is -0.161. The van der Waals surface area contributed by atoms with Gasteiger partial charge in [0.15, 0.2) is 0 Å². The van der Waals surface area contributed by atoms with Crippen molar-refractivity contribution in [1.82, 2.24) is 9.80 Å². The van der Waals surface area contributed by atoms with Crippen molar-refractivity contribution in [2.45, 2.75) is 95.8 Å². The summed E-state index contributed by atoms with van der Waals surface area (Å²) in [5.41, 5.74) is -1.78. The minimum absolute atomic E-state index is 0.0977. The van der Waals surface area contributed by atoms with E-state index in [0.717, 1.165) is 25.7 Å². The van der Waals surface area contributed by atoms with E-state index < -0.39 is 35.0 Å². The van der Waals surface area contributed by atoms with E-state index in [1.165, 1.54) is 0 Å². The number of likely N-dealkylation sites (tertiary alicyclic amines) is 1. The molecule has 0 aliphatic carbocycles. The summed E-state index contributed by atoms with van der Waals surface area (Å²) in [6, 6.07) is -0.761. The molecule has 3 rings (SSSR count). The van der Waals surface area contributed by atoms with Gasteiger partial charge in [-0.2, -0.15) is 0 Å². The number of nitrogens with zero attached hydrogens (tertiary/aromatic N) is 2. The average Bonchev–Trinajstić information content (AvgIpc) is 3.45. The highest BCUT2D eigenvalue weighted by molar-refractivity contribution is 5.98. The molecule has 8 heteroatoms. The van der Waals surface area contributed by atoms with Crippen LogP contribution in [0.2, 0.25) is 0 Å². The maximum absolute atomic E-state index is 14.1. The van der Waals surface area contributed by atoms with Gasteiger partial charge in [-0.3, -0.25) is 14.4 Å². The molecular weight excluding hydrogens is 448 g/mol. The minimum Gasteiger partial charge on any atom is -0.466 e. The smallest absolute Gasteiger partial charge is 0.312 e. The summed E-state index contributed by atoms with van der Waals surface area (Å²) in [6.07, 6.45) is 8.56. The minimum atomic E-state index is -1.01. The zero-order valence-electron chi connectivity index (χ0n) is 21.8. The molecule has 1 N–H and O–H groups in total. The van der Waals surface area contributed by atoms with Crippen LogP contribution in [-0.4, -0.2) is 82.8 Å². The van der Waals surface area contributed by atoms with E-state index in [4.69, 9.17) is 9.47 Å². The van der Waals surface area contributed by atoms with Crippen LogP contribution in [0.1, 0.15) is 78.6 Å². The Hall–Kier alpha value is -1.93. The van der Waals surface area contributed by atoms with E-state index in [-0.39, 0.29) is 25.0 Å². The molecule has 8 nitrogen and oxygen atoms in total. The molecule has 0 aromatic rings. The SMILES string of the molecule is C=CCN(CCCCC)C(=O)C1N(CCCCCO)C(=O)[C@@H]2[C@@H](C(=O)OCC)[C@@]3(CC)CCC12O3. The highest BCUT2D eigenvalue weighted by atomic mass is 16.6. The number of fused-ring (bicyclic) bond motifs is 1. The van der Waals surface area contributed by atoms with Crippen LogP contribution in [0.25, 0.3) is 0 Å². The van der Waals surface area contributed by atoms with Crippen molar-refractivity contribution < 1.29 is 29.0 Å². The molecule has 3 heterocycles. The molecule has 1 spiro atoms. The molecule has 2 amide bonds. The van der Waals surface area contributed by atoms with Crippen LogP contribution in [0, 0.1) is 11.8 Å². The number of aliphatic hydroxyl groups is 1. The molecule has 3 aliphatic rings. The van der Waals surface area contributed by atoms with Crippen LogP contribution < -0.4 is 0 Å². The fraction of sp³-hybridized carbons (Fsp3) is 0.815. The number of ether oxygens (including phenoxy) is 2. The third-order valence-electron chi connectivity index (χ3n) is 8.21. The number of rotatable bonds is 15. The third-order valence-corrected chi connectivity index (χ3v) is 8.21. The molecular formula is C27H44N2O6. The molecule has 3 saturated heterocycles. The van der Waals surface area contributed by atoms with E-state index >= 15 is 0 Å². The second-order valence-electron chi connectivity index (χ2n) is 10.2. The number of hydrogen-bond donors (Lipinski definition) is 1. The molecule has 198 valence electrons. The van der Waals surface area contributed by atoms with E-state index in [9.17, 15) is 19.5 Å². The molecule has 3 fully saturated rings. The van der Waals surface area contributed by atoms with Gasteiger partial charge in [0.2, 0.25) is 11.8 Å². The Bertz CT molecular complexity index is 788. The van der Waals surface area contributed by atoms with Crippen LogP contribution >= 0.6 is 0 Å². The van der Waals surface area contributed by atoms with Gasteiger partial charge in [-0.05, 0) is 51.9 Å². The zero-order valence-corrected chi connectivity index (χ0v) is 21.8. The Morgan fingerprint density at radius 1 is 1.20 bits per heavy atom. The summed E-state index contributed by atoms with van der Waals surface area (Å²) >= 11 is 0. The predicted molar refractivity (Wildman–Crippen MR) is 132 cm³/mol. The highest BCUT2D eigenvalue weighted by Gasteiger charge is 2.79. The standard InChI is InChI=1S/C27H44N2O6/c1-5-9-11-17-28(16-6-2)24(32)22-27-15-14-26(7-3,35-27)21(25(33)34-8-4)20(27)23(31)29(22)18-12-10-13-19-30/h6,20-22,30H,2,5,7-19H2,1,3-4H3/t20-,21-,22?,26+,27?/m0/s1. The van der Waals surface area contributed by atoms with E-state index in [0.29, 0.717) is 51.7 Å². The van der Waals surface area contributed by atoms with Crippen LogP contribution in [0.3, 0.4) is 0 Å². The Kier molecular flexibility index (Phi) is 9.38. The Morgan fingerprint density at radius 3 is 2.60 bits per heavy atom. The van der Waals surface area contributed by atoms with Crippen molar-refractivity contribution in [2.75, 3.05) is 32.8 Å². The third kappa shape index (κ3) is 4.88. The van der Waals surface area contributed by atoms with Gasteiger partial charge >= 0.3 is 5.97 Å². The predicted octanol–water partition coefficient (Wildman–Crippen LogP) is 3.07. The fourth-order valence-electron chi connectivity index (χ4n) is 6.57. The fourth-order valence-corrected chi connectivity index (χ4v) is 6.57.